The first kappa shape index (κ1) is 16.3. The Morgan fingerprint density at radius 2 is 2.18 bits per heavy atom. The molecule has 5 nitrogen and oxygen atoms in total. The molecule has 0 radical (unpaired) electrons. The van der Waals surface area contributed by atoms with Crippen LogP contribution in [0.4, 0.5) is 0 Å². The van der Waals surface area contributed by atoms with Crippen LogP contribution in [0.25, 0.3) is 0 Å². The lowest BCUT2D eigenvalue weighted by atomic mass is 10.2. The molecule has 0 atom stereocenters. The Morgan fingerprint density at radius 1 is 1.41 bits per heavy atom. The standard InChI is InChI=1S/C15H10BrClN2O3/c1-2-21-13-4-9(6-18)3-12(17)14(13)22-15(20)10-5-11(16)8-19-7-10/h3-5,7-8H,2H2,1H3. The third kappa shape index (κ3) is 3.75. The molecule has 1 aromatic carbocycles. The molecule has 1 aromatic heterocycles. The third-order valence-corrected chi connectivity index (χ3v) is 3.29. The maximum absolute atomic E-state index is 12.2. The van der Waals surface area contributed by atoms with Gasteiger partial charge in [-0.05, 0) is 35.0 Å². The fourth-order valence-corrected chi connectivity index (χ4v) is 2.28. The number of hydrogen-bond donors (Lipinski definition) is 0. The molecule has 22 heavy (non-hydrogen) atoms. The normalized spacial score (nSPS) is 9.91. The molecule has 0 bridgehead atoms. The van der Waals surface area contributed by atoms with E-state index >= 15 is 0 Å². The average Bonchev–Trinajstić information content (AvgIpc) is 2.50. The van der Waals surface area contributed by atoms with Crippen LogP contribution >= 0.6 is 27.5 Å². The first-order chi connectivity index (χ1) is 10.5. The largest absolute Gasteiger partial charge is 0.490 e. The Labute approximate surface area is 140 Å². The molecule has 2 rings (SSSR count). The van der Waals surface area contributed by atoms with Gasteiger partial charge in [0.2, 0.25) is 0 Å². The maximum Gasteiger partial charge on any atom is 0.345 e. The van der Waals surface area contributed by atoms with E-state index in [1.807, 2.05) is 6.07 Å². The first-order valence-electron chi connectivity index (χ1n) is 6.24. The first-order valence-corrected chi connectivity index (χ1v) is 7.41. The summed E-state index contributed by atoms with van der Waals surface area (Å²) in [5, 5.41) is 9.07. The van der Waals surface area contributed by atoms with Crippen LogP contribution in [0.5, 0.6) is 11.5 Å². The minimum atomic E-state index is -0.624. The number of nitriles is 1. The molecular formula is C15H10BrClN2O3. The predicted octanol–water partition coefficient (Wildman–Crippen LogP) is 3.99. The van der Waals surface area contributed by atoms with Crippen LogP contribution in [0.1, 0.15) is 22.8 Å². The van der Waals surface area contributed by atoms with Gasteiger partial charge >= 0.3 is 5.97 Å². The number of benzene rings is 1. The van der Waals surface area contributed by atoms with Crippen LogP contribution in [0.15, 0.2) is 35.1 Å². The van der Waals surface area contributed by atoms with Crippen molar-refractivity contribution in [1.82, 2.24) is 4.98 Å². The summed E-state index contributed by atoms with van der Waals surface area (Å²) in [5.41, 5.74) is 0.578. The van der Waals surface area contributed by atoms with Crippen LogP contribution in [-0.4, -0.2) is 17.6 Å². The monoisotopic (exact) mass is 380 g/mol. The van der Waals surface area contributed by atoms with E-state index in [-0.39, 0.29) is 22.1 Å². The SMILES string of the molecule is CCOc1cc(C#N)cc(Cl)c1OC(=O)c1cncc(Br)c1. The molecule has 0 amide bonds. The summed E-state index contributed by atoms with van der Waals surface area (Å²) >= 11 is 9.31. The van der Waals surface area contributed by atoms with Crippen LogP contribution in [-0.2, 0) is 0 Å². The summed E-state index contributed by atoms with van der Waals surface area (Å²) in [5.74, 6) is -0.309. The van der Waals surface area contributed by atoms with Crippen molar-refractivity contribution in [2.75, 3.05) is 6.61 Å². The van der Waals surface area contributed by atoms with Crippen molar-refractivity contribution in [2.24, 2.45) is 0 Å². The number of hydrogen-bond acceptors (Lipinski definition) is 5. The van der Waals surface area contributed by atoms with Gasteiger partial charge in [0.1, 0.15) is 0 Å². The lowest BCUT2D eigenvalue weighted by molar-refractivity contribution is 0.0728. The number of rotatable bonds is 4. The third-order valence-electron chi connectivity index (χ3n) is 2.57. The summed E-state index contributed by atoms with van der Waals surface area (Å²) in [6.45, 7) is 2.12. The van der Waals surface area contributed by atoms with Crippen molar-refractivity contribution in [3.63, 3.8) is 0 Å². The van der Waals surface area contributed by atoms with E-state index in [1.54, 1.807) is 19.2 Å². The van der Waals surface area contributed by atoms with Crippen LogP contribution in [0, 0.1) is 11.3 Å². The molecule has 0 spiro atoms. The highest BCUT2D eigenvalue weighted by molar-refractivity contribution is 9.10. The van der Waals surface area contributed by atoms with E-state index in [9.17, 15) is 4.79 Å². The van der Waals surface area contributed by atoms with E-state index in [1.165, 1.54) is 18.3 Å². The molecule has 0 saturated carbocycles. The molecule has 0 aliphatic heterocycles. The maximum atomic E-state index is 12.2. The Balaban J connectivity index is 2.36. The minimum absolute atomic E-state index is 0.0764. The summed E-state index contributed by atoms with van der Waals surface area (Å²) in [7, 11) is 0. The quantitative estimate of drug-likeness (QED) is 0.591. The van der Waals surface area contributed by atoms with E-state index in [0.29, 0.717) is 16.6 Å². The summed E-state index contributed by atoms with van der Waals surface area (Å²) in [6.07, 6.45) is 2.93. The van der Waals surface area contributed by atoms with Gasteiger partial charge in [0.15, 0.2) is 11.5 Å². The molecule has 0 aliphatic carbocycles. The van der Waals surface area contributed by atoms with Crippen molar-refractivity contribution in [3.05, 3.63) is 51.2 Å². The highest BCUT2D eigenvalue weighted by Gasteiger charge is 2.18. The van der Waals surface area contributed by atoms with Crippen LogP contribution in [0.3, 0.4) is 0 Å². The van der Waals surface area contributed by atoms with Gasteiger partial charge in [-0.15, -0.1) is 0 Å². The molecule has 1 heterocycles. The zero-order valence-corrected chi connectivity index (χ0v) is 13.8. The lowest BCUT2D eigenvalue weighted by Gasteiger charge is -2.12. The van der Waals surface area contributed by atoms with Gasteiger partial charge in [-0.1, -0.05) is 11.6 Å². The molecule has 0 unspecified atom stereocenters. The number of carbonyl (C=O) groups is 1. The summed E-state index contributed by atoms with van der Waals surface area (Å²) in [6, 6.07) is 6.42. The highest BCUT2D eigenvalue weighted by atomic mass is 79.9. The number of carbonyl (C=O) groups excluding carboxylic acids is 1. The number of esters is 1. The number of nitrogens with zero attached hydrogens (tertiary/aromatic N) is 2. The Morgan fingerprint density at radius 3 is 2.82 bits per heavy atom. The molecule has 7 heteroatoms. The van der Waals surface area contributed by atoms with Gasteiger partial charge in [0, 0.05) is 22.9 Å². The molecule has 0 N–H and O–H groups in total. The molecule has 0 fully saturated rings. The van der Waals surface area contributed by atoms with Gasteiger partial charge in [-0.3, -0.25) is 4.98 Å². The van der Waals surface area contributed by atoms with Crippen molar-refractivity contribution < 1.29 is 14.3 Å². The zero-order valence-electron chi connectivity index (χ0n) is 11.5. The van der Waals surface area contributed by atoms with E-state index < -0.39 is 5.97 Å². The number of pyridine rings is 1. The minimum Gasteiger partial charge on any atom is -0.490 e. The van der Waals surface area contributed by atoms with Crippen LogP contribution in [0.2, 0.25) is 5.02 Å². The smallest absolute Gasteiger partial charge is 0.345 e. The van der Waals surface area contributed by atoms with Gasteiger partial charge in [-0.25, -0.2) is 4.79 Å². The lowest BCUT2D eigenvalue weighted by Crippen LogP contribution is -2.10. The van der Waals surface area contributed by atoms with E-state index in [2.05, 4.69) is 20.9 Å². The zero-order chi connectivity index (χ0) is 16.1. The molecule has 2 aromatic rings. The molecule has 0 saturated heterocycles. The van der Waals surface area contributed by atoms with Gasteiger partial charge in [0.05, 0.1) is 28.8 Å². The van der Waals surface area contributed by atoms with Gasteiger partial charge in [0.25, 0.3) is 0 Å². The number of aromatic nitrogens is 1. The Bertz CT molecular complexity index is 759. The Kier molecular flexibility index (Phi) is 5.36. The topological polar surface area (TPSA) is 72.2 Å². The molecule has 0 aliphatic rings. The van der Waals surface area contributed by atoms with E-state index in [0.717, 1.165) is 0 Å². The van der Waals surface area contributed by atoms with Gasteiger partial charge < -0.3 is 9.47 Å². The second-order valence-corrected chi connectivity index (χ2v) is 5.43. The van der Waals surface area contributed by atoms with Gasteiger partial charge in [-0.2, -0.15) is 5.26 Å². The van der Waals surface area contributed by atoms with Crippen molar-refractivity contribution in [1.29, 1.82) is 5.26 Å². The van der Waals surface area contributed by atoms with Crippen molar-refractivity contribution >= 4 is 33.5 Å². The van der Waals surface area contributed by atoms with Crippen molar-refractivity contribution in [3.8, 4) is 17.6 Å². The fourth-order valence-electron chi connectivity index (χ4n) is 1.67. The summed E-state index contributed by atoms with van der Waals surface area (Å²) in [4.78, 5) is 16.1. The van der Waals surface area contributed by atoms with E-state index in [4.69, 9.17) is 26.3 Å². The second kappa shape index (κ2) is 7.25. The van der Waals surface area contributed by atoms with Crippen LogP contribution < -0.4 is 9.47 Å². The fraction of sp³-hybridized carbons (Fsp3) is 0.133. The Hall–Kier alpha value is -2.10. The predicted molar refractivity (Wildman–Crippen MR) is 84.2 cm³/mol. The number of ether oxygens (including phenoxy) is 2. The number of halogens is 2. The molecule has 112 valence electrons. The highest BCUT2D eigenvalue weighted by Crippen LogP contribution is 2.37. The second-order valence-electron chi connectivity index (χ2n) is 4.11. The average molecular weight is 382 g/mol. The molecular weight excluding hydrogens is 372 g/mol. The summed E-state index contributed by atoms with van der Waals surface area (Å²) < 4.78 is 11.3. The van der Waals surface area contributed by atoms with Crippen molar-refractivity contribution in [2.45, 2.75) is 6.92 Å².